The van der Waals surface area contributed by atoms with Crippen molar-refractivity contribution in [1.29, 1.82) is 0 Å². The molecule has 1 fully saturated rings. The monoisotopic (exact) mass is 474 g/mol. The van der Waals surface area contributed by atoms with Crippen LogP contribution in [0.15, 0.2) is 53.1 Å². The van der Waals surface area contributed by atoms with Crippen molar-refractivity contribution in [2.45, 2.75) is 19.7 Å². The van der Waals surface area contributed by atoms with Crippen molar-refractivity contribution in [3.63, 3.8) is 0 Å². The summed E-state index contributed by atoms with van der Waals surface area (Å²) in [5.74, 6) is 0.438. The van der Waals surface area contributed by atoms with Crippen LogP contribution in [0.2, 0.25) is 0 Å². The Morgan fingerprint density at radius 2 is 1.59 bits per heavy atom. The molecule has 0 N–H and O–H groups in total. The molecular weight excluding hydrogens is 453 g/mol. The molecule has 34 heavy (non-hydrogen) atoms. The maximum absolute atomic E-state index is 13.3. The van der Waals surface area contributed by atoms with Gasteiger partial charge in [0.2, 0.25) is 11.7 Å². The molecule has 2 amide bonds. The third-order valence-corrected chi connectivity index (χ3v) is 5.36. The van der Waals surface area contributed by atoms with Gasteiger partial charge in [-0.15, -0.1) is 0 Å². The Kier molecular flexibility index (Phi) is 6.53. The van der Waals surface area contributed by atoms with E-state index >= 15 is 0 Å². The van der Waals surface area contributed by atoms with Crippen LogP contribution in [0.25, 0.3) is 0 Å². The highest BCUT2D eigenvalue weighted by Gasteiger charge is 2.36. The van der Waals surface area contributed by atoms with Crippen LogP contribution in [-0.2, 0) is 12.8 Å². The number of aromatic nitrogens is 2. The highest BCUT2D eigenvalue weighted by molar-refractivity contribution is 5.97. The van der Waals surface area contributed by atoms with Crippen molar-refractivity contribution < 1.29 is 32.0 Å². The Morgan fingerprint density at radius 3 is 2.18 bits per heavy atom. The number of nitrogens with zero attached hydrogens (tertiary/aromatic N) is 4. The fraction of sp³-hybridized carbons (Fsp3) is 0.304. The first-order valence-corrected chi connectivity index (χ1v) is 10.5. The summed E-state index contributed by atoms with van der Waals surface area (Å²) in [5, 5.41) is 3.74. The van der Waals surface area contributed by atoms with Crippen LogP contribution in [0.3, 0.4) is 0 Å². The van der Waals surface area contributed by atoms with Crippen LogP contribution in [0.4, 0.5) is 13.2 Å². The van der Waals surface area contributed by atoms with Gasteiger partial charge in [0.05, 0.1) is 11.1 Å². The molecule has 4 rings (SSSR count). The molecule has 0 bridgehead atoms. The first kappa shape index (κ1) is 23.3. The number of carbonyl (C=O) groups is 2. The molecule has 3 aromatic rings. The number of benzene rings is 2. The number of alkyl halides is 3. The Balaban J connectivity index is 1.33. The van der Waals surface area contributed by atoms with E-state index in [9.17, 15) is 22.8 Å². The number of carbonyl (C=O) groups excluding carboxylic acids is 2. The largest absolute Gasteiger partial charge is 0.485 e. The topological polar surface area (TPSA) is 88.8 Å². The lowest BCUT2D eigenvalue weighted by molar-refractivity contribution is -0.138. The predicted octanol–water partition coefficient (Wildman–Crippen LogP) is 3.57. The summed E-state index contributed by atoms with van der Waals surface area (Å²) in [6.07, 6.45) is -4.62. The lowest BCUT2D eigenvalue weighted by Crippen LogP contribution is -2.50. The van der Waals surface area contributed by atoms with Gasteiger partial charge in [0.25, 0.3) is 11.8 Å². The second-order valence-electron chi connectivity index (χ2n) is 7.67. The number of hydrogen-bond donors (Lipinski definition) is 0. The number of aryl methyl sites for hydroxylation is 1. The van der Waals surface area contributed by atoms with E-state index in [4.69, 9.17) is 9.26 Å². The van der Waals surface area contributed by atoms with Crippen LogP contribution >= 0.6 is 0 Å². The van der Waals surface area contributed by atoms with Gasteiger partial charge in [-0.05, 0) is 36.4 Å². The third kappa shape index (κ3) is 5.19. The molecule has 1 aliphatic heterocycles. The smallest absolute Gasteiger partial charge is 0.417 e. The standard InChI is InChI=1S/C23H21F3N4O4/c1-15-27-20(28-34-15)14-33-17-8-6-16(7-9-17)21(31)29-10-12-30(13-11-29)22(32)18-4-2-3-5-19(18)23(24,25)26/h2-9H,10-14H2,1H3. The number of amides is 2. The number of rotatable bonds is 5. The molecule has 1 aliphatic rings. The zero-order valence-corrected chi connectivity index (χ0v) is 18.2. The van der Waals surface area contributed by atoms with Crippen LogP contribution in [0.5, 0.6) is 5.75 Å². The minimum absolute atomic E-state index is 0.123. The fourth-order valence-electron chi connectivity index (χ4n) is 3.62. The van der Waals surface area contributed by atoms with Gasteiger partial charge in [-0.25, -0.2) is 0 Å². The molecule has 0 spiro atoms. The molecule has 8 nitrogen and oxygen atoms in total. The highest BCUT2D eigenvalue weighted by Crippen LogP contribution is 2.32. The van der Waals surface area contributed by atoms with Crippen molar-refractivity contribution in [3.8, 4) is 5.75 Å². The Hall–Kier alpha value is -3.89. The molecule has 11 heteroatoms. The first-order valence-electron chi connectivity index (χ1n) is 10.5. The van der Waals surface area contributed by atoms with Crippen molar-refractivity contribution >= 4 is 11.8 Å². The maximum Gasteiger partial charge on any atom is 0.417 e. The third-order valence-electron chi connectivity index (χ3n) is 5.36. The average molecular weight is 474 g/mol. The number of ether oxygens (including phenoxy) is 1. The molecule has 1 aromatic heterocycles. The van der Waals surface area contributed by atoms with Gasteiger partial charge < -0.3 is 19.1 Å². The second kappa shape index (κ2) is 9.54. The van der Waals surface area contributed by atoms with Crippen molar-refractivity contribution in [2.75, 3.05) is 26.2 Å². The van der Waals surface area contributed by atoms with Crippen molar-refractivity contribution in [3.05, 3.63) is 76.9 Å². The molecule has 0 atom stereocenters. The number of halogens is 3. The minimum atomic E-state index is -4.62. The minimum Gasteiger partial charge on any atom is -0.485 e. The van der Waals surface area contributed by atoms with Gasteiger partial charge in [-0.1, -0.05) is 17.3 Å². The van der Waals surface area contributed by atoms with E-state index in [1.54, 1.807) is 36.1 Å². The van der Waals surface area contributed by atoms with E-state index in [1.165, 1.54) is 23.1 Å². The fourth-order valence-corrected chi connectivity index (χ4v) is 3.62. The SMILES string of the molecule is Cc1nc(COc2ccc(C(=O)N3CCN(C(=O)c4ccccc4C(F)(F)F)CC3)cc2)no1. The summed E-state index contributed by atoms with van der Waals surface area (Å²) < 4.78 is 50.2. The average Bonchev–Trinajstić information content (AvgIpc) is 3.27. The van der Waals surface area contributed by atoms with E-state index in [2.05, 4.69) is 10.1 Å². The summed E-state index contributed by atoms with van der Waals surface area (Å²) in [7, 11) is 0. The first-order chi connectivity index (χ1) is 16.2. The summed E-state index contributed by atoms with van der Waals surface area (Å²) in [6.45, 7) is 2.51. The second-order valence-corrected chi connectivity index (χ2v) is 7.67. The summed E-state index contributed by atoms with van der Waals surface area (Å²) in [6, 6.07) is 11.3. The summed E-state index contributed by atoms with van der Waals surface area (Å²) >= 11 is 0. The number of hydrogen-bond acceptors (Lipinski definition) is 6. The Morgan fingerprint density at radius 1 is 0.971 bits per heavy atom. The molecule has 2 heterocycles. The lowest BCUT2D eigenvalue weighted by Gasteiger charge is -2.35. The molecule has 0 aliphatic carbocycles. The van der Waals surface area contributed by atoms with Gasteiger partial charge in [0.15, 0.2) is 6.61 Å². The molecule has 0 unspecified atom stereocenters. The van der Waals surface area contributed by atoms with E-state index < -0.39 is 17.6 Å². The van der Waals surface area contributed by atoms with Gasteiger partial charge in [0.1, 0.15) is 5.75 Å². The molecule has 2 aromatic carbocycles. The maximum atomic E-state index is 13.3. The van der Waals surface area contributed by atoms with Crippen LogP contribution in [0.1, 0.15) is 38.0 Å². The zero-order valence-electron chi connectivity index (χ0n) is 18.2. The van der Waals surface area contributed by atoms with Crippen LogP contribution < -0.4 is 4.74 Å². The number of piperazine rings is 1. The molecule has 178 valence electrons. The van der Waals surface area contributed by atoms with Crippen molar-refractivity contribution in [2.24, 2.45) is 0 Å². The molecule has 1 saturated heterocycles. The van der Waals surface area contributed by atoms with E-state index in [0.717, 1.165) is 6.07 Å². The normalized spacial score (nSPS) is 14.2. The molecular formula is C23H21F3N4O4. The van der Waals surface area contributed by atoms with E-state index in [0.29, 0.717) is 23.0 Å². The van der Waals surface area contributed by atoms with Crippen molar-refractivity contribution in [1.82, 2.24) is 19.9 Å². The quantitative estimate of drug-likeness (QED) is 0.562. The Bertz CT molecular complexity index is 1170. The summed E-state index contributed by atoms with van der Waals surface area (Å²) in [4.78, 5) is 32.5. The zero-order chi connectivity index (χ0) is 24.3. The molecule has 0 radical (unpaired) electrons. The van der Waals surface area contributed by atoms with E-state index in [-0.39, 0.29) is 44.3 Å². The van der Waals surface area contributed by atoms with Crippen LogP contribution in [0, 0.1) is 6.92 Å². The molecule has 0 saturated carbocycles. The lowest BCUT2D eigenvalue weighted by atomic mass is 10.1. The van der Waals surface area contributed by atoms with Gasteiger partial charge in [-0.3, -0.25) is 9.59 Å². The predicted molar refractivity (Wildman–Crippen MR) is 113 cm³/mol. The van der Waals surface area contributed by atoms with Gasteiger partial charge >= 0.3 is 6.18 Å². The van der Waals surface area contributed by atoms with Gasteiger partial charge in [-0.2, -0.15) is 18.2 Å². The van der Waals surface area contributed by atoms with Crippen LogP contribution in [-0.4, -0.2) is 57.9 Å². The van der Waals surface area contributed by atoms with E-state index in [1.807, 2.05) is 0 Å². The van der Waals surface area contributed by atoms with Gasteiger partial charge in [0, 0.05) is 38.7 Å². The Labute approximate surface area is 192 Å². The summed E-state index contributed by atoms with van der Waals surface area (Å²) in [5.41, 5.74) is -0.915. The highest BCUT2D eigenvalue weighted by atomic mass is 19.4.